The van der Waals surface area contributed by atoms with Gasteiger partial charge in [0.2, 0.25) is 0 Å². The minimum atomic E-state index is 0. The Morgan fingerprint density at radius 3 is 2.65 bits per heavy atom. The molecule has 26 heavy (non-hydrogen) atoms. The number of ether oxygens (including phenoxy) is 1. The van der Waals surface area contributed by atoms with E-state index in [4.69, 9.17) is 9.73 Å². The zero-order chi connectivity index (χ0) is 17.3. The second kappa shape index (κ2) is 11.8. The Morgan fingerprint density at radius 2 is 1.92 bits per heavy atom. The van der Waals surface area contributed by atoms with Crippen molar-refractivity contribution in [3.8, 4) is 0 Å². The Hall–Kier alpha value is -0.860. The van der Waals surface area contributed by atoms with E-state index in [1.807, 2.05) is 0 Å². The largest absolute Gasteiger partial charge is 0.379 e. The highest BCUT2D eigenvalue weighted by Crippen LogP contribution is 2.17. The molecule has 146 valence electrons. The van der Waals surface area contributed by atoms with Crippen LogP contribution in [0.25, 0.3) is 0 Å². The molecule has 1 saturated carbocycles. The third-order valence-corrected chi connectivity index (χ3v) is 4.96. The Morgan fingerprint density at radius 1 is 1.19 bits per heavy atom. The number of morpholine rings is 1. The number of hydrogen-bond donors (Lipinski definition) is 2. The summed E-state index contributed by atoms with van der Waals surface area (Å²) in [5, 5.41) is 6.96. The molecule has 1 aromatic rings. The van der Waals surface area contributed by atoms with Gasteiger partial charge in [0.05, 0.1) is 19.8 Å². The van der Waals surface area contributed by atoms with Gasteiger partial charge in [0.15, 0.2) is 5.96 Å². The molecule has 1 saturated heterocycles. The van der Waals surface area contributed by atoms with Crippen LogP contribution in [0.3, 0.4) is 0 Å². The van der Waals surface area contributed by atoms with Crippen LogP contribution in [0.4, 0.5) is 0 Å². The number of halogens is 1. The van der Waals surface area contributed by atoms with Crippen molar-refractivity contribution in [3.63, 3.8) is 0 Å². The van der Waals surface area contributed by atoms with Crippen LogP contribution >= 0.6 is 24.0 Å². The van der Waals surface area contributed by atoms with Gasteiger partial charge in [-0.05, 0) is 30.9 Å². The number of nitrogens with one attached hydrogen (secondary N) is 2. The van der Waals surface area contributed by atoms with Crippen LogP contribution in [0.15, 0.2) is 29.3 Å². The Labute approximate surface area is 175 Å². The zero-order valence-electron chi connectivity index (χ0n) is 15.9. The van der Waals surface area contributed by atoms with Gasteiger partial charge in [-0.2, -0.15) is 0 Å². The summed E-state index contributed by atoms with van der Waals surface area (Å²) >= 11 is 0. The van der Waals surface area contributed by atoms with E-state index in [2.05, 4.69) is 46.7 Å². The number of rotatable bonds is 6. The van der Waals surface area contributed by atoms with Gasteiger partial charge in [0.25, 0.3) is 0 Å². The first-order chi connectivity index (χ1) is 12.3. The van der Waals surface area contributed by atoms with Gasteiger partial charge in [-0.1, -0.05) is 37.1 Å². The topological polar surface area (TPSA) is 48.9 Å². The summed E-state index contributed by atoms with van der Waals surface area (Å²) in [5.74, 6) is 0.952. The molecular formula is C20H33IN4O. The van der Waals surface area contributed by atoms with E-state index >= 15 is 0 Å². The molecule has 3 rings (SSSR count). The number of nitrogens with zero attached hydrogens (tertiary/aromatic N) is 2. The van der Waals surface area contributed by atoms with Crippen LogP contribution in [-0.2, 0) is 17.8 Å². The molecule has 0 atom stereocenters. The summed E-state index contributed by atoms with van der Waals surface area (Å²) in [6.07, 6.45) is 5.19. The third kappa shape index (κ3) is 7.04. The first-order valence-electron chi connectivity index (χ1n) is 9.76. The van der Waals surface area contributed by atoms with Crippen LogP contribution in [0.1, 0.15) is 43.7 Å². The molecule has 0 unspecified atom stereocenters. The highest BCUT2D eigenvalue weighted by Gasteiger charge is 2.15. The fourth-order valence-corrected chi connectivity index (χ4v) is 3.60. The SMILES string of the molecule is CCNC(=NCc1cccc(CN2CCOCC2)c1)NC1CCCC1.I. The van der Waals surface area contributed by atoms with Crippen molar-refractivity contribution in [1.29, 1.82) is 0 Å². The van der Waals surface area contributed by atoms with Crippen molar-refractivity contribution in [2.24, 2.45) is 4.99 Å². The predicted molar refractivity (Wildman–Crippen MR) is 118 cm³/mol. The van der Waals surface area contributed by atoms with E-state index in [1.54, 1.807) is 0 Å². The van der Waals surface area contributed by atoms with Crippen molar-refractivity contribution >= 4 is 29.9 Å². The highest BCUT2D eigenvalue weighted by atomic mass is 127. The van der Waals surface area contributed by atoms with E-state index in [0.717, 1.165) is 51.9 Å². The molecule has 1 aliphatic heterocycles. The van der Waals surface area contributed by atoms with Crippen molar-refractivity contribution in [2.75, 3.05) is 32.8 Å². The lowest BCUT2D eigenvalue weighted by atomic mass is 10.1. The monoisotopic (exact) mass is 472 g/mol. The average molecular weight is 472 g/mol. The standard InChI is InChI=1S/C20H32N4O.HI/c1-2-21-20(23-19-8-3-4-9-19)22-15-17-6-5-7-18(14-17)16-24-10-12-25-13-11-24;/h5-7,14,19H,2-4,8-13,15-16H2,1H3,(H2,21,22,23);1H. The molecule has 0 aromatic heterocycles. The van der Waals surface area contributed by atoms with E-state index in [-0.39, 0.29) is 24.0 Å². The Balaban J connectivity index is 0.00000243. The van der Waals surface area contributed by atoms with Crippen LogP contribution < -0.4 is 10.6 Å². The lowest BCUT2D eigenvalue weighted by Crippen LogP contribution is -2.42. The average Bonchev–Trinajstić information content (AvgIpc) is 3.14. The second-order valence-electron chi connectivity index (χ2n) is 7.03. The van der Waals surface area contributed by atoms with E-state index in [9.17, 15) is 0 Å². The molecule has 0 bridgehead atoms. The second-order valence-corrected chi connectivity index (χ2v) is 7.03. The van der Waals surface area contributed by atoms with Crippen molar-refractivity contribution in [1.82, 2.24) is 15.5 Å². The number of guanidine groups is 1. The maximum atomic E-state index is 5.43. The molecule has 0 amide bonds. The van der Waals surface area contributed by atoms with Gasteiger partial charge in [-0.3, -0.25) is 4.90 Å². The lowest BCUT2D eigenvalue weighted by molar-refractivity contribution is 0.0342. The summed E-state index contributed by atoms with van der Waals surface area (Å²) in [5.41, 5.74) is 2.64. The molecule has 2 aliphatic rings. The molecule has 2 N–H and O–H groups in total. The molecule has 6 heteroatoms. The molecule has 1 aromatic carbocycles. The molecule has 5 nitrogen and oxygen atoms in total. The Kier molecular flexibility index (Phi) is 9.71. The van der Waals surface area contributed by atoms with Crippen molar-refractivity contribution < 1.29 is 4.74 Å². The third-order valence-electron chi connectivity index (χ3n) is 4.96. The summed E-state index contributed by atoms with van der Waals surface area (Å²) in [7, 11) is 0. The normalized spacial score (nSPS) is 19.2. The molecule has 0 spiro atoms. The fourth-order valence-electron chi connectivity index (χ4n) is 3.60. The molecule has 1 heterocycles. The van der Waals surface area contributed by atoms with Crippen LogP contribution in [0, 0.1) is 0 Å². The highest BCUT2D eigenvalue weighted by molar-refractivity contribution is 14.0. The van der Waals surface area contributed by atoms with E-state index in [0.29, 0.717) is 6.04 Å². The molecule has 2 fully saturated rings. The van der Waals surface area contributed by atoms with Crippen molar-refractivity contribution in [3.05, 3.63) is 35.4 Å². The van der Waals surface area contributed by atoms with E-state index in [1.165, 1.54) is 36.8 Å². The number of hydrogen-bond acceptors (Lipinski definition) is 3. The summed E-state index contributed by atoms with van der Waals surface area (Å²) in [4.78, 5) is 7.25. The predicted octanol–water partition coefficient (Wildman–Crippen LogP) is 3.13. The first kappa shape index (κ1) is 21.4. The van der Waals surface area contributed by atoms with Crippen LogP contribution in [0.5, 0.6) is 0 Å². The van der Waals surface area contributed by atoms with Crippen molar-refractivity contribution in [2.45, 2.75) is 51.7 Å². The fraction of sp³-hybridized carbons (Fsp3) is 0.650. The number of aliphatic imine (C=N–C) groups is 1. The maximum Gasteiger partial charge on any atom is 0.191 e. The minimum absolute atomic E-state index is 0. The van der Waals surface area contributed by atoms with E-state index < -0.39 is 0 Å². The minimum Gasteiger partial charge on any atom is -0.379 e. The summed E-state index contributed by atoms with van der Waals surface area (Å²) in [6, 6.07) is 9.41. The first-order valence-corrected chi connectivity index (χ1v) is 9.76. The Bertz CT molecular complexity index is 554. The lowest BCUT2D eigenvalue weighted by Gasteiger charge is -2.26. The van der Waals surface area contributed by atoms with Gasteiger partial charge >= 0.3 is 0 Å². The number of benzene rings is 1. The van der Waals surface area contributed by atoms with Gasteiger partial charge in [0, 0.05) is 32.2 Å². The zero-order valence-corrected chi connectivity index (χ0v) is 18.2. The maximum absolute atomic E-state index is 5.43. The van der Waals surface area contributed by atoms with Gasteiger partial charge in [0.1, 0.15) is 0 Å². The molecule has 1 aliphatic carbocycles. The van der Waals surface area contributed by atoms with Crippen LogP contribution in [0.2, 0.25) is 0 Å². The summed E-state index contributed by atoms with van der Waals surface area (Å²) < 4.78 is 5.43. The van der Waals surface area contributed by atoms with Crippen LogP contribution in [-0.4, -0.2) is 49.7 Å². The van der Waals surface area contributed by atoms with Gasteiger partial charge in [-0.25, -0.2) is 4.99 Å². The van der Waals surface area contributed by atoms with Gasteiger partial charge in [-0.15, -0.1) is 24.0 Å². The quantitative estimate of drug-likeness (QED) is 0.380. The molecular weight excluding hydrogens is 439 g/mol. The summed E-state index contributed by atoms with van der Waals surface area (Å²) in [6.45, 7) is 8.49. The smallest absolute Gasteiger partial charge is 0.191 e. The molecule has 0 radical (unpaired) electrons. The van der Waals surface area contributed by atoms with Gasteiger partial charge < -0.3 is 15.4 Å².